The first-order valence-corrected chi connectivity index (χ1v) is 5.51. The van der Waals surface area contributed by atoms with E-state index in [9.17, 15) is 4.79 Å². The van der Waals surface area contributed by atoms with Crippen molar-refractivity contribution in [1.82, 2.24) is 10.6 Å². The van der Waals surface area contributed by atoms with E-state index in [0.717, 1.165) is 19.5 Å². The summed E-state index contributed by atoms with van der Waals surface area (Å²) in [6.45, 7) is 7.68. The van der Waals surface area contributed by atoms with Crippen LogP contribution in [0.5, 0.6) is 0 Å². The van der Waals surface area contributed by atoms with Crippen molar-refractivity contribution in [2.24, 2.45) is 11.3 Å². The highest BCUT2D eigenvalue weighted by molar-refractivity contribution is 5.84. The first-order chi connectivity index (χ1) is 7.03. The summed E-state index contributed by atoms with van der Waals surface area (Å²) >= 11 is 0. The number of hydrogen-bond donors (Lipinski definition) is 2. The van der Waals surface area contributed by atoms with Crippen LogP contribution in [-0.4, -0.2) is 25.0 Å². The predicted molar refractivity (Wildman–Crippen MR) is 61.2 cm³/mol. The minimum absolute atomic E-state index is 0.0907. The van der Waals surface area contributed by atoms with Crippen LogP contribution in [0.2, 0.25) is 0 Å². The summed E-state index contributed by atoms with van der Waals surface area (Å²) in [5, 5.41) is 6.13. The van der Waals surface area contributed by atoms with Crippen LogP contribution in [0.1, 0.15) is 27.2 Å². The van der Waals surface area contributed by atoms with Crippen molar-refractivity contribution in [2.45, 2.75) is 33.2 Å². The zero-order chi connectivity index (χ0) is 11.5. The number of carbonyl (C=O) groups is 1. The van der Waals surface area contributed by atoms with Crippen LogP contribution in [-0.2, 0) is 4.79 Å². The van der Waals surface area contributed by atoms with Crippen molar-refractivity contribution in [3.63, 3.8) is 0 Å². The lowest BCUT2D eigenvalue weighted by atomic mass is 9.75. The molecule has 0 spiro atoms. The molecule has 1 heterocycles. The van der Waals surface area contributed by atoms with E-state index >= 15 is 0 Å². The van der Waals surface area contributed by atoms with Crippen LogP contribution in [0.4, 0.5) is 0 Å². The molecule has 0 bridgehead atoms. The van der Waals surface area contributed by atoms with Gasteiger partial charge in [-0.05, 0) is 25.8 Å². The lowest BCUT2D eigenvalue weighted by molar-refractivity contribution is -0.132. The standard InChI is InChI=1S/C12H20N2O/c1-5-10(4)14-11(15)12(9(2)3)6-7-13-8-12/h1,9-10,13H,6-8H2,2-4H3,(H,14,15). The molecule has 1 fully saturated rings. The molecule has 3 nitrogen and oxygen atoms in total. The summed E-state index contributed by atoms with van der Waals surface area (Å²) in [4.78, 5) is 12.1. The number of terminal acetylenes is 1. The number of rotatable bonds is 3. The third-order valence-electron chi connectivity index (χ3n) is 3.34. The van der Waals surface area contributed by atoms with Gasteiger partial charge in [0.25, 0.3) is 0 Å². The van der Waals surface area contributed by atoms with Gasteiger partial charge in [0.2, 0.25) is 5.91 Å². The van der Waals surface area contributed by atoms with E-state index in [4.69, 9.17) is 6.42 Å². The zero-order valence-corrected chi connectivity index (χ0v) is 9.76. The lowest BCUT2D eigenvalue weighted by Gasteiger charge is -2.31. The van der Waals surface area contributed by atoms with Crippen LogP contribution >= 0.6 is 0 Å². The van der Waals surface area contributed by atoms with E-state index in [1.165, 1.54) is 0 Å². The molecule has 0 radical (unpaired) electrons. The number of amides is 1. The number of nitrogens with one attached hydrogen (secondary N) is 2. The maximum atomic E-state index is 12.1. The molecule has 3 heteroatoms. The summed E-state index contributed by atoms with van der Waals surface area (Å²) < 4.78 is 0. The number of carbonyl (C=O) groups excluding carboxylic acids is 1. The highest BCUT2D eigenvalue weighted by Crippen LogP contribution is 2.34. The molecule has 0 saturated carbocycles. The van der Waals surface area contributed by atoms with Gasteiger partial charge in [0.05, 0.1) is 11.5 Å². The minimum atomic E-state index is -0.273. The molecule has 84 valence electrons. The fourth-order valence-electron chi connectivity index (χ4n) is 2.04. The second-order valence-electron chi connectivity index (χ2n) is 4.60. The Morgan fingerprint density at radius 2 is 2.20 bits per heavy atom. The third kappa shape index (κ3) is 2.32. The van der Waals surface area contributed by atoms with Crippen LogP contribution < -0.4 is 10.6 Å². The third-order valence-corrected chi connectivity index (χ3v) is 3.34. The van der Waals surface area contributed by atoms with Crippen molar-refractivity contribution in [1.29, 1.82) is 0 Å². The highest BCUT2D eigenvalue weighted by atomic mass is 16.2. The molecular formula is C12H20N2O. The highest BCUT2D eigenvalue weighted by Gasteiger charge is 2.43. The van der Waals surface area contributed by atoms with Crippen LogP contribution in [0.15, 0.2) is 0 Å². The summed E-state index contributed by atoms with van der Waals surface area (Å²) in [5.41, 5.74) is -0.273. The molecular weight excluding hydrogens is 188 g/mol. The Morgan fingerprint density at radius 1 is 1.53 bits per heavy atom. The maximum absolute atomic E-state index is 12.1. The van der Waals surface area contributed by atoms with Gasteiger partial charge in [0, 0.05) is 6.54 Å². The van der Waals surface area contributed by atoms with E-state index in [2.05, 4.69) is 30.4 Å². The summed E-state index contributed by atoms with van der Waals surface area (Å²) in [7, 11) is 0. The number of hydrogen-bond acceptors (Lipinski definition) is 2. The Balaban J connectivity index is 2.74. The predicted octanol–water partition coefficient (Wildman–Crippen LogP) is 0.760. The van der Waals surface area contributed by atoms with Crippen molar-refractivity contribution in [2.75, 3.05) is 13.1 Å². The fourth-order valence-corrected chi connectivity index (χ4v) is 2.04. The van der Waals surface area contributed by atoms with Crippen molar-refractivity contribution < 1.29 is 4.79 Å². The normalized spacial score (nSPS) is 27.4. The monoisotopic (exact) mass is 208 g/mol. The molecule has 2 unspecified atom stereocenters. The first kappa shape index (κ1) is 12.1. The van der Waals surface area contributed by atoms with Gasteiger partial charge in [0.1, 0.15) is 0 Å². The molecule has 2 N–H and O–H groups in total. The molecule has 1 rings (SSSR count). The molecule has 1 aliphatic heterocycles. The maximum Gasteiger partial charge on any atom is 0.228 e. The minimum Gasteiger partial charge on any atom is -0.342 e. The van der Waals surface area contributed by atoms with Crippen LogP contribution in [0.25, 0.3) is 0 Å². The summed E-state index contributed by atoms with van der Waals surface area (Å²) in [6.07, 6.45) is 6.15. The van der Waals surface area contributed by atoms with Crippen molar-refractivity contribution in [3.8, 4) is 12.3 Å². The molecule has 1 amide bonds. The Kier molecular flexibility index (Phi) is 3.76. The second-order valence-corrected chi connectivity index (χ2v) is 4.60. The SMILES string of the molecule is C#CC(C)NC(=O)C1(C(C)C)CCNC1. The van der Waals surface area contributed by atoms with E-state index < -0.39 is 0 Å². The van der Waals surface area contributed by atoms with E-state index in [1.54, 1.807) is 0 Å². The molecule has 1 aliphatic rings. The Morgan fingerprint density at radius 3 is 2.60 bits per heavy atom. The molecule has 0 aromatic rings. The van der Waals surface area contributed by atoms with Gasteiger partial charge in [-0.15, -0.1) is 6.42 Å². The van der Waals surface area contributed by atoms with Crippen LogP contribution in [0.3, 0.4) is 0 Å². The average molecular weight is 208 g/mol. The summed E-state index contributed by atoms with van der Waals surface area (Å²) in [6, 6.07) is -0.186. The average Bonchev–Trinajstić information content (AvgIpc) is 2.67. The Hall–Kier alpha value is -1.01. The second kappa shape index (κ2) is 4.67. The largest absolute Gasteiger partial charge is 0.342 e. The van der Waals surface area contributed by atoms with Crippen LogP contribution in [0, 0.1) is 23.7 Å². The zero-order valence-electron chi connectivity index (χ0n) is 9.76. The van der Waals surface area contributed by atoms with Gasteiger partial charge in [-0.1, -0.05) is 19.8 Å². The Bertz CT molecular complexity index is 272. The van der Waals surface area contributed by atoms with Gasteiger partial charge in [-0.2, -0.15) is 0 Å². The van der Waals surface area contributed by atoms with Gasteiger partial charge in [-0.3, -0.25) is 4.79 Å². The van der Waals surface area contributed by atoms with Gasteiger partial charge in [-0.25, -0.2) is 0 Å². The summed E-state index contributed by atoms with van der Waals surface area (Å²) in [5.74, 6) is 2.94. The molecule has 2 atom stereocenters. The van der Waals surface area contributed by atoms with E-state index in [1.807, 2.05) is 6.92 Å². The lowest BCUT2D eigenvalue weighted by Crippen LogP contribution is -2.48. The van der Waals surface area contributed by atoms with Crippen molar-refractivity contribution >= 4 is 5.91 Å². The van der Waals surface area contributed by atoms with Gasteiger partial charge >= 0.3 is 0 Å². The molecule has 1 saturated heterocycles. The molecule has 0 aliphatic carbocycles. The quantitative estimate of drug-likeness (QED) is 0.672. The smallest absolute Gasteiger partial charge is 0.228 e. The van der Waals surface area contributed by atoms with E-state index in [-0.39, 0.29) is 17.4 Å². The van der Waals surface area contributed by atoms with E-state index in [0.29, 0.717) is 5.92 Å². The van der Waals surface area contributed by atoms with Gasteiger partial charge < -0.3 is 10.6 Å². The van der Waals surface area contributed by atoms with Gasteiger partial charge in [0.15, 0.2) is 0 Å². The molecule has 0 aromatic carbocycles. The fraction of sp³-hybridized carbons (Fsp3) is 0.750. The van der Waals surface area contributed by atoms with Crippen molar-refractivity contribution in [3.05, 3.63) is 0 Å². The first-order valence-electron chi connectivity index (χ1n) is 5.51. The molecule has 15 heavy (non-hydrogen) atoms. The Labute approximate surface area is 92.0 Å². The topological polar surface area (TPSA) is 41.1 Å². The molecule has 0 aromatic heterocycles.